The number of hydrogen-bond donors (Lipinski definition) is 2. The third-order valence-corrected chi connectivity index (χ3v) is 7.51. The molecule has 0 bridgehead atoms. The molecule has 1 aliphatic rings. The van der Waals surface area contributed by atoms with E-state index in [0.29, 0.717) is 30.8 Å². The van der Waals surface area contributed by atoms with Gasteiger partial charge in [0.15, 0.2) is 0 Å². The molecule has 9 heteroatoms. The number of likely N-dealkylation sites (N-methyl/N-ethyl adjacent to an activating group) is 1. The Morgan fingerprint density at radius 2 is 2.00 bits per heavy atom. The third kappa shape index (κ3) is 5.08. The fourth-order valence-electron chi connectivity index (χ4n) is 4.81. The average Bonchev–Trinajstić information content (AvgIpc) is 3.49. The highest BCUT2D eigenvalue weighted by Gasteiger charge is 2.63. The number of benzene rings is 1. The Bertz CT molecular complexity index is 1140. The molecule has 1 aliphatic carbocycles. The molecule has 2 N–H and O–H groups in total. The maximum absolute atomic E-state index is 14.6. The molecule has 4 rings (SSSR count). The standard InChI is InChI=1S/C25H30ClF2N5O/c1-24(27,28)25(6-7-25)20(16-4-8-29-9-5-16)12-23(34)30-15-19(33(2)3)11-17-10-18-14-31-32-22(18)13-21(17)26/h4-5,8-10,13-14,19-20H,6-7,11-12,15H2,1-3H3,(H,30,34)(H,31,32)/t19-,20+/m0/s1. The van der Waals surface area contributed by atoms with E-state index >= 15 is 0 Å². The molecular weight excluding hydrogens is 460 g/mol. The largest absolute Gasteiger partial charge is 0.355 e. The lowest BCUT2D eigenvalue weighted by Gasteiger charge is -2.32. The van der Waals surface area contributed by atoms with Gasteiger partial charge in [-0.3, -0.25) is 14.9 Å². The van der Waals surface area contributed by atoms with E-state index in [1.807, 2.05) is 31.1 Å². The van der Waals surface area contributed by atoms with Gasteiger partial charge < -0.3 is 10.2 Å². The van der Waals surface area contributed by atoms with Crippen molar-refractivity contribution in [3.63, 3.8) is 0 Å². The lowest BCUT2D eigenvalue weighted by molar-refractivity contribution is -0.123. The van der Waals surface area contributed by atoms with Crippen LogP contribution in [0.15, 0.2) is 42.9 Å². The first-order valence-electron chi connectivity index (χ1n) is 11.4. The maximum Gasteiger partial charge on any atom is 0.251 e. The number of alkyl halides is 2. The van der Waals surface area contributed by atoms with Gasteiger partial charge in [-0.05, 0) is 75.7 Å². The van der Waals surface area contributed by atoms with Crippen molar-refractivity contribution in [3.8, 4) is 0 Å². The molecule has 6 nitrogen and oxygen atoms in total. The minimum Gasteiger partial charge on any atom is -0.355 e. The van der Waals surface area contributed by atoms with Crippen molar-refractivity contribution in [2.45, 2.75) is 50.5 Å². The van der Waals surface area contributed by atoms with E-state index in [-0.39, 0.29) is 18.4 Å². The lowest BCUT2D eigenvalue weighted by atomic mass is 9.77. The average molecular weight is 490 g/mol. The quantitative estimate of drug-likeness (QED) is 0.428. The SMILES string of the molecule is CN(C)[C@H](CNC(=O)C[C@H](c1ccncc1)C1(C(C)(F)F)CC1)Cc1cc2cn[nH]c2cc1Cl. The molecule has 0 spiro atoms. The Kier molecular flexibility index (Phi) is 6.92. The van der Waals surface area contributed by atoms with Crippen molar-refractivity contribution in [2.24, 2.45) is 5.41 Å². The number of aromatic amines is 1. The Hall–Kier alpha value is -2.58. The monoisotopic (exact) mass is 489 g/mol. The second-order valence-corrected chi connectivity index (χ2v) is 10.0. The third-order valence-electron chi connectivity index (χ3n) is 7.16. The Balaban J connectivity index is 1.45. The molecule has 1 aromatic carbocycles. The van der Waals surface area contributed by atoms with Gasteiger partial charge in [-0.1, -0.05) is 11.6 Å². The predicted molar refractivity (Wildman–Crippen MR) is 129 cm³/mol. The minimum absolute atomic E-state index is 0.00925. The Labute approximate surface area is 203 Å². The first kappa shape index (κ1) is 24.5. The van der Waals surface area contributed by atoms with Crippen LogP contribution in [0.4, 0.5) is 8.78 Å². The number of pyridine rings is 1. The number of carbonyl (C=O) groups is 1. The summed E-state index contributed by atoms with van der Waals surface area (Å²) in [4.78, 5) is 19.0. The van der Waals surface area contributed by atoms with Crippen molar-refractivity contribution in [2.75, 3.05) is 20.6 Å². The molecule has 1 fully saturated rings. The van der Waals surface area contributed by atoms with Crippen LogP contribution in [0.25, 0.3) is 10.9 Å². The number of amides is 1. The normalized spacial score (nSPS) is 17.0. The van der Waals surface area contributed by atoms with Crippen LogP contribution in [0.1, 0.15) is 43.2 Å². The molecule has 34 heavy (non-hydrogen) atoms. The van der Waals surface area contributed by atoms with E-state index < -0.39 is 17.3 Å². The van der Waals surface area contributed by atoms with E-state index in [2.05, 4.69) is 20.5 Å². The maximum atomic E-state index is 14.6. The number of fused-ring (bicyclic) bond motifs is 1. The summed E-state index contributed by atoms with van der Waals surface area (Å²) in [7, 11) is 3.88. The summed E-state index contributed by atoms with van der Waals surface area (Å²) < 4.78 is 29.1. The highest BCUT2D eigenvalue weighted by molar-refractivity contribution is 6.32. The van der Waals surface area contributed by atoms with E-state index in [1.54, 1.807) is 30.7 Å². The summed E-state index contributed by atoms with van der Waals surface area (Å²) in [5.74, 6) is -3.66. The molecule has 0 radical (unpaired) electrons. The predicted octanol–water partition coefficient (Wildman–Crippen LogP) is 4.81. The number of nitrogens with zero attached hydrogens (tertiary/aromatic N) is 3. The van der Waals surface area contributed by atoms with Crippen molar-refractivity contribution in [1.82, 2.24) is 25.4 Å². The van der Waals surface area contributed by atoms with E-state index in [4.69, 9.17) is 11.6 Å². The van der Waals surface area contributed by atoms with Crippen molar-refractivity contribution < 1.29 is 13.6 Å². The van der Waals surface area contributed by atoms with Gasteiger partial charge in [0, 0.05) is 53.1 Å². The first-order chi connectivity index (χ1) is 16.1. The zero-order chi connectivity index (χ0) is 24.5. The molecule has 1 saturated carbocycles. The number of halogens is 3. The number of hydrogen-bond acceptors (Lipinski definition) is 4. The summed E-state index contributed by atoms with van der Waals surface area (Å²) in [5.41, 5.74) is 1.38. The van der Waals surface area contributed by atoms with Gasteiger partial charge in [-0.25, -0.2) is 8.78 Å². The van der Waals surface area contributed by atoms with Crippen molar-refractivity contribution >= 4 is 28.4 Å². The van der Waals surface area contributed by atoms with Crippen LogP contribution >= 0.6 is 11.6 Å². The van der Waals surface area contributed by atoms with Gasteiger partial charge in [0.05, 0.1) is 11.7 Å². The summed E-state index contributed by atoms with van der Waals surface area (Å²) in [6.07, 6.45) is 6.38. The fourth-order valence-corrected chi connectivity index (χ4v) is 5.05. The number of H-pyrrole nitrogens is 1. The van der Waals surface area contributed by atoms with Gasteiger partial charge in [-0.2, -0.15) is 5.10 Å². The number of nitrogens with one attached hydrogen (secondary N) is 2. The number of aromatic nitrogens is 3. The molecule has 182 valence electrons. The van der Waals surface area contributed by atoms with E-state index in [1.165, 1.54) is 0 Å². The molecule has 3 aromatic rings. The van der Waals surface area contributed by atoms with Crippen molar-refractivity contribution in [3.05, 3.63) is 59.0 Å². The molecule has 0 unspecified atom stereocenters. The smallest absolute Gasteiger partial charge is 0.251 e. The van der Waals surface area contributed by atoms with E-state index in [0.717, 1.165) is 29.0 Å². The highest BCUT2D eigenvalue weighted by Crippen LogP contribution is 2.65. The van der Waals surface area contributed by atoms with Gasteiger partial charge in [-0.15, -0.1) is 0 Å². The first-order valence-corrected chi connectivity index (χ1v) is 11.8. The number of carbonyl (C=O) groups excluding carboxylic acids is 1. The molecule has 0 aliphatic heterocycles. The summed E-state index contributed by atoms with van der Waals surface area (Å²) in [6.45, 7) is 1.35. The molecule has 1 amide bonds. The van der Waals surface area contributed by atoms with Crippen molar-refractivity contribution in [1.29, 1.82) is 0 Å². The van der Waals surface area contributed by atoms with Crippen LogP contribution in [0, 0.1) is 5.41 Å². The summed E-state index contributed by atoms with van der Waals surface area (Å²) >= 11 is 6.48. The lowest BCUT2D eigenvalue weighted by Crippen LogP contribution is -2.43. The van der Waals surface area contributed by atoms with E-state index in [9.17, 15) is 13.6 Å². The molecule has 2 aromatic heterocycles. The van der Waals surface area contributed by atoms with Crippen LogP contribution in [0.2, 0.25) is 5.02 Å². The Morgan fingerprint density at radius 3 is 2.62 bits per heavy atom. The van der Waals surface area contributed by atoms with Crippen LogP contribution < -0.4 is 5.32 Å². The van der Waals surface area contributed by atoms with Crippen LogP contribution in [-0.4, -0.2) is 58.6 Å². The highest BCUT2D eigenvalue weighted by atomic mass is 35.5. The topological polar surface area (TPSA) is 73.9 Å². The molecule has 2 atom stereocenters. The molecular formula is C25H30ClF2N5O. The fraction of sp³-hybridized carbons (Fsp3) is 0.480. The van der Waals surface area contributed by atoms with Gasteiger partial charge in [0.1, 0.15) is 0 Å². The van der Waals surface area contributed by atoms with Crippen LogP contribution in [0.5, 0.6) is 0 Å². The van der Waals surface area contributed by atoms with Crippen LogP contribution in [-0.2, 0) is 11.2 Å². The molecule has 0 saturated heterocycles. The van der Waals surface area contributed by atoms with Gasteiger partial charge in [0.2, 0.25) is 5.91 Å². The summed E-state index contributed by atoms with van der Waals surface area (Å²) in [6, 6.07) is 7.30. The minimum atomic E-state index is -2.87. The Morgan fingerprint density at radius 1 is 1.29 bits per heavy atom. The second kappa shape index (κ2) is 9.58. The second-order valence-electron chi connectivity index (χ2n) is 9.61. The summed E-state index contributed by atoms with van der Waals surface area (Å²) in [5, 5.41) is 11.5. The van der Waals surface area contributed by atoms with Crippen LogP contribution in [0.3, 0.4) is 0 Å². The van der Waals surface area contributed by atoms with Gasteiger partial charge in [0.25, 0.3) is 5.92 Å². The number of rotatable bonds is 10. The zero-order valence-electron chi connectivity index (χ0n) is 19.6. The van der Waals surface area contributed by atoms with Gasteiger partial charge >= 0.3 is 0 Å². The molecule has 2 heterocycles. The zero-order valence-corrected chi connectivity index (χ0v) is 20.4.